The Kier molecular flexibility index (Phi) is 5.89. The predicted molar refractivity (Wildman–Crippen MR) is 110 cm³/mol. The third-order valence-corrected chi connectivity index (χ3v) is 4.37. The normalized spacial score (nSPS) is 10.5. The van der Waals surface area contributed by atoms with Crippen LogP contribution in [0.1, 0.15) is 35.6 Å². The number of aryl methyl sites for hydroxylation is 1. The van der Waals surface area contributed by atoms with E-state index in [1.54, 1.807) is 26.0 Å². The van der Waals surface area contributed by atoms with Crippen molar-refractivity contribution in [2.75, 3.05) is 6.54 Å². The molecule has 2 aromatic carbocycles. The van der Waals surface area contributed by atoms with E-state index in [1.165, 1.54) is 0 Å². The number of nitrogens with one attached hydrogen (secondary N) is 3. The fraction of sp³-hybridized carbons (Fsp3) is 0.227. The number of para-hydroxylation sites is 2. The number of hydrogen-bond donors (Lipinski definition) is 3. The van der Waals surface area contributed by atoms with E-state index in [4.69, 9.17) is 0 Å². The predicted octanol–water partition coefficient (Wildman–Crippen LogP) is 3.25. The number of carbonyl (C=O) groups excluding carboxylic acids is 2. The molecule has 3 N–H and O–H groups in total. The Morgan fingerprint density at radius 3 is 2.43 bits per heavy atom. The van der Waals surface area contributed by atoms with Gasteiger partial charge < -0.3 is 15.6 Å². The van der Waals surface area contributed by atoms with Crippen LogP contribution in [0.2, 0.25) is 0 Å². The van der Waals surface area contributed by atoms with Crippen molar-refractivity contribution in [1.29, 1.82) is 0 Å². The number of allylic oxidation sites excluding steroid dienone is 1. The summed E-state index contributed by atoms with van der Waals surface area (Å²) in [7, 11) is 0. The van der Waals surface area contributed by atoms with Crippen molar-refractivity contribution in [2.24, 2.45) is 0 Å². The van der Waals surface area contributed by atoms with Gasteiger partial charge in [0, 0.05) is 18.5 Å². The number of H-pyrrole nitrogens is 1. The number of hydrogen-bond acceptors (Lipinski definition) is 3. The van der Waals surface area contributed by atoms with E-state index in [1.807, 2.05) is 43.3 Å². The third kappa shape index (κ3) is 4.65. The van der Waals surface area contributed by atoms with Crippen molar-refractivity contribution in [3.05, 3.63) is 76.8 Å². The number of aromatic amines is 1. The summed E-state index contributed by atoms with van der Waals surface area (Å²) in [5.41, 5.74) is 4.47. The highest BCUT2D eigenvalue weighted by Gasteiger charge is 2.15. The average molecular weight is 376 g/mol. The zero-order chi connectivity index (χ0) is 20.1. The second kappa shape index (κ2) is 8.52. The Balaban J connectivity index is 1.59. The molecule has 0 fully saturated rings. The highest BCUT2D eigenvalue weighted by Crippen LogP contribution is 2.10. The van der Waals surface area contributed by atoms with Crippen molar-refractivity contribution in [1.82, 2.24) is 20.6 Å². The largest absolute Gasteiger partial charge is 0.350 e. The number of nitrogens with zero attached hydrogens (tertiary/aromatic N) is 1. The lowest BCUT2D eigenvalue weighted by atomic mass is 10.1. The molecule has 0 saturated carbocycles. The SMILES string of the molecule is CC(C)=C(NC(=O)c1ccc(C)cc1)C(=O)NCCc1nc2ccccc2[nH]1. The zero-order valence-electron chi connectivity index (χ0n) is 16.3. The average Bonchev–Trinajstić information content (AvgIpc) is 3.08. The topological polar surface area (TPSA) is 86.9 Å². The van der Waals surface area contributed by atoms with Gasteiger partial charge in [-0.3, -0.25) is 9.59 Å². The molecule has 6 heteroatoms. The molecule has 1 heterocycles. The van der Waals surface area contributed by atoms with Gasteiger partial charge >= 0.3 is 0 Å². The van der Waals surface area contributed by atoms with Gasteiger partial charge in [-0.2, -0.15) is 0 Å². The molecule has 144 valence electrons. The molecule has 0 saturated heterocycles. The Hall–Kier alpha value is -3.41. The summed E-state index contributed by atoms with van der Waals surface area (Å²) in [5, 5.41) is 5.58. The van der Waals surface area contributed by atoms with Gasteiger partial charge in [-0.1, -0.05) is 29.8 Å². The van der Waals surface area contributed by atoms with Crippen molar-refractivity contribution < 1.29 is 9.59 Å². The quantitative estimate of drug-likeness (QED) is 0.577. The lowest BCUT2D eigenvalue weighted by molar-refractivity contribution is -0.117. The molecule has 2 amide bonds. The molecular weight excluding hydrogens is 352 g/mol. The summed E-state index contributed by atoms with van der Waals surface area (Å²) >= 11 is 0. The number of imidazole rings is 1. The van der Waals surface area contributed by atoms with Crippen LogP contribution in [0.15, 0.2) is 59.8 Å². The molecule has 0 aliphatic carbocycles. The summed E-state index contributed by atoms with van der Waals surface area (Å²) in [5.74, 6) is 0.198. The first-order chi connectivity index (χ1) is 13.4. The summed E-state index contributed by atoms with van der Waals surface area (Å²) in [6.07, 6.45) is 0.572. The van der Waals surface area contributed by atoms with Crippen molar-refractivity contribution in [2.45, 2.75) is 27.2 Å². The van der Waals surface area contributed by atoms with Gasteiger partial charge in [-0.05, 0) is 50.6 Å². The number of benzene rings is 2. The molecule has 0 unspecified atom stereocenters. The van der Waals surface area contributed by atoms with E-state index >= 15 is 0 Å². The fourth-order valence-electron chi connectivity index (χ4n) is 2.81. The summed E-state index contributed by atoms with van der Waals surface area (Å²) in [4.78, 5) is 32.7. The van der Waals surface area contributed by atoms with E-state index in [0.29, 0.717) is 18.5 Å². The molecule has 3 rings (SSSR count). The highest BCUT2D eigenvalue weighted by atomic mass is 16.2. The molecule has 3 aromatic rings. The number of carbonyl (C=O) groups is 2. The van der Waals surface area contributed by atoms with E-state index in [0.717, 1.165) is 28.0 Å². The highest BCUT2D eigenvalue weighted by molar-refractivity contribution is 6.03. The Morgan fingerprint density at radius 2 is 1.75 bits per heavy atom. The van der Waals surface area contributed by atoms with E-state index in [9.17, 15) is 9.59 Å². The maximum Gasteiger partial charge on any atom is 0.267 e. The molecule has 6 nitrogen and oxygen atoms in total. The monoisotopic (exact) mass is 376 g/mol. The van der Waals surface area contributed by atoms with Crippen LogP contribution < -0.4 is 10.6 Å². The summed E-state index contributed by atoms with van der Waals surface area (Å²) < 4.78 is 0. The van der Waals surface area contributed by atoms with E-state index < -0.39 is 0 Å². The number of rotatable bonds is 6. The fourth-order valence-corrected chi connectivity index (χ4v) is 2.81. The number of aromatic nitrogens is 2. The van der Waals surface area contributed by atoms with E-state index in [-0.39, 0.29) is 17.5 Å². The molecule has 28 heavy (non-hydrogen) atoms. The lowest BCUT2D eigenvalue weighted by Gasteiger charge is -2.12. The Bertz CT molecular complexity index is 995. The molecule has 0 atom stereocenters. The first-order valence-corrected chi connectivity index (χ1v) is 9.21. The maximum atomic E-state index is 12.6. The second-order valence-corrected chi connectivity index (χ2v) is 6.90. The standard InChI is InChI=1S/C22H24N4O2/c1-14(2)20(26-21(27)16-10-8-15(3)9-11-16)22(28)23-13-12-19-24-17-6-4-5-7-18(17)25-19/h4-11H,12-13H2,1-3H3,(H,23,28)(H,24,25)(H,26,27). The van der Waals surface area contributed by atoms with Gasteiger partial charge in [0.1, 0.15) is 11.5 Å². The van der Waals surface area contributed by atoms with Crippen LogP contribution in [-0.4, -0.2) is 28.3 Å². The first kappa shape index (κ1) is 19.4. The van der Waals surface area contributed by atoms with Gasteiger partial charge in [0.05, 0.1) is 11.0 Å². The second-order valence-electron chi connectivity index (χ2n) is 6.90. The third-order valence-electron chi connectivity index (χ3n) is 4.37. The lowest BCUT2D eigenvalue weighted by Crippen LogP contribution is -2.36. The Morgan fingerprint density at radius 1 is 1.04 bits per heavy atom. The minimum Gasteiger partial charge on any atom is -0.350 e. The molecule has 0 radical (unpaired) electrons. The van der Waals surface area contributed by atoms with Crippen LogP contribution in [0, 0.1) is 6.92 Å². The molecule has 0 aliphatic heterocycles. The van der Waals surface area contributed by atoms with Crippen LogP contribution in [0.25, 0.3) is 11.0 Å². The van der Waals surface area contributed by atoms with Crippen LogP contribution >= 0.6 is 0 Å². The molecule has 0 aliphatic rings. The Labute approximate surface area is 164 Å². The number of fused-ring (bicyclic) bond motifs is 1. The maximum absolute atomic E-state index is 12.6. The molecular formula is C22H24N4O2. The van der Waals surface area contributed by atoms with Gasteiger partial charge in [0.2, 0.25) is 0 Å². The minimum absolute atomic E-state index is 0.273. The molecule has 0 bridgehead atoms. The minimum atomic E-state index is -0.309. The molecule has 1 aromatic heterocycles. The van der Waals surface area contributed by atoms with Crippen LogP contribution in [0.3, 0.4) is 0 Å². The van der Waals surface area contributed by atoms with Gasteiger partial charge in [0.15, 0.2) is 0 Å². The van der Waals surface area contributed by atoms with Crippen LogP contribution in [0.4, 0.5) is 0 Å². The van der Waals surface area contributed by atoms with Gasteiger partial charge in [0.25, 0.3) is 11.8 Å². The van der Waals surface area contributed by atoms with Crippen molar-refractivity contribution >= 4 is 22.8 Å². The van der Waals surface area contributed by atoms with E-state index in [2.05, 4.69) is 20.6 Å². The van der Waals surface area contributed by atoms with Crippen LogP contribution in [0.5, 0.6) is 0 Å². The molecule has 0 spiro atoms. The van der Waals surface area contributed by atoms with Crippen molar-refractivity contribution in [3.8, 4) is 0 Å². The number of amides is 2. The summed E-state index contributed by atoms with van der Waals surface area (Å²) in [6, 6.07) is 15.0. The van der Waals surface area contributed by atoms with Gasteiger partial charge in [-0.15, -0.1) is 0 Å². The zero-order valence-corrected chi connectivity index (χ0v) is 16.3. The first-order valence-electron chi connectivity index (χ1n) is 9.21. The smallest absolute Gasteiger partial charge is 0.267 e. The summed E-state index contributed by atoms with van der Waals surface area (Å²) in [6.45, 7) is 5.96. The van der Waals surface area contributed by atoms with Crippen LogP contribution in [-0.2, 0) is 11.2 Å². The van der Waals surface area contributed by atoms with Crippen molar-refractivity contribution in [3.63, 3.8) is 0 Å². The van der Waals surface area contributed by atoms with Gasteiger partial charge in [-0.25, -0.2) is 4.98 Å².